The van der Waals surface area contributed by atoms with E-state index in [1.807, 2.05) is 20.8 Å². The molecule has 2 rings (SSSR count). The first-order valence-electron chi connectivity index (χ1n) is 9.85. The van der Waals surface area contributed by atoms with Crippen molar-refractivity contribution >= 4 is 11.6 Å². The molecule has 0 aromatic carbocycles. The van der Waals surface area contributed by atoms with E-state index in [-0.39, 0.29) is 29.1 Å². The van der Waals surface area contributed by atoms with Gasteiger partial charge in [-0.2, -0.15) is 0 Å². The molecule has 2 unspecified atom stereocenters. The van der Waals surface area contributed by atoms with Crippen LogP contribution in [0.15, 0.2) is 60.1 Å². The summed E-state index contributed by atoms with van der Waals surface area (Å²) in [5, 5.41) is 13.7. The lowest BCUT2D eigenvalue weighted by Crippen LogP contribution is -2.40. The quantitative estimate of drug-likeness (QED) is 0.336. The Morgan fingerprint density at radius 2 is 2.13 bits per heavy atom. The molecule has 0 bridgehead atoms. The lowest BCUT2D eigenvalue weighted by molar-refractivity contribution is -0.114. The van der Waals surface area contributed by atoms with Crippen LogP contribution in [0.1, 0.15) is 33.4 Å². The fourth-order valence-corrected chi connectivity index (χ4v) is 2.68. The van der Waals surface area contributed by atoms with Gasteiger partial charge in [0, 0.05) is 23.5 Å². The predicted molar refractivity (Wildman–Crippen MR) is 119 cm³/mol. The van der Waals surface area contributed by atoms with E-state index < -0.39 is 11.7 Å². The number of allylic oxidation sites excluding steroid dienone is 3. The number of halogens is 1. The number of nitrogens with two attached hydrogens (primary N) is 2. The molecule has 0 spiro atoms. The van der Waals surface area contributed by atoms with Gasteiger partial charge in [-0.05, 0) is 39.3 Å². The number of rotatable bonds is 10. The van der Waals surface area contributed by atoms with Crippen molar-refractivity contribution in [3.63, 3.8) is 0 Å². The molecule has 2 heterocycles. The number of carbonyl (C=O) groups is 1. The number of hydrogen-bond donors (Lipinski definition) is 4. The molecule has 0 aliphatic carbocycles. The van der Waals surface area contributed by atoms with Crippen molar-refractivity contribution in [2.24, 2.45) is 11.5 Å². The molecule has 0 aliphatic rings. The zero-order chi connectivity index (χ0) is 23.1. The second-order valence-electron chi connectivity index (χ2n) is 7.18. The third-order valence-corrected chi connectivity index (χ3v) is 4.70. The number of pyridine rings is 1. The molecular formula is C21H29FN8O. The Morgan fingerprint density at radius 3 is 2.68 bits per heavy atom. The first-order valence-corrected chi connectivity index (χ1v) is 9.85. The smallest absolute Gasteiger partial charge is 0.250 e. The average Bonchev–Trinajstić information content (AvgIpc) is 3.25. The van der Waals surface area contributed by atoms with Crippen LogP contribution in [0.2, 0.25) is 0 Å². The molecule has 2 atom stereocenters. The summed E-state index contributed by atoms with van der Waals surface area (Å²) >= 11 is 0. The van der Waals surface area contributed by atoms with Gasteiger partial charge in [-0.25, -0.2) is 9.07 Å². The minimum Gasteiger partial charge on any atom is -0.382 e. The number of amides is 1. The summed E-state index contributed by atoms with van der Waals surface area (Å²) in [7, 11) is 0. The summed E-state index contributed by atoms with van der Waals surface area (Å²) < 4.78 is 16.3. The van der Waals surface area contributed by atoms with Crippen molar-refractivity contribution in [1.29, 1.82) is 0 Å². The van der Waals surface area contributed by atoms with Gasteiger partial charge >= 0.3 is 0 Å². The average molecular weight is 429 g/mol. The lowest BCUT2D eigenvalue weighted by Gasteiger charge is -2.19. The lowest BCUT2D eigenvalue weighted by atomic mass is 10.1. The molecule has 166 valence electrons. The topological polar surface area (TPSA) is 137 Å². The van der Waals surface area contributed by atoms with E-state index in [4.69, 9.17) is 11.5 Å². The first kappa shape index (κ1) is 23.7. The molecule has 2 aromatic rings. The van der Waals surface area contributed by atoms with Crippen LogP contribution in [0.25, 0.3) is 5.69 Å². The molecule has 0 fully saturated rings. The molecule has 0 radical (unpaired) electrons. The van der Waals surface area contributed by atoms with Gasteiger partial charge in [0.15, 0.2) is 0 Å². The highest BCUT2D eigenvalue weighted by molar-refractivity contribution is 5.97. The molecule has 9 nitrogen and oxygen atoms in total. The Bertz CT molecular complexity index is 995. The number of carbonyl (C=O) groups excluding carboxylic acids is 1. The van der Waals surface area contributed by atoms with Crippen LogP contribution >= 0.6 is 0 Å². The molecule has 6 N–H and O–H groups in total. The zero-order valence-corrected chi connectivity index (χ0v) is 18.2. The minimum atomic E-state index is -0.824. The molecule has 0 aliphatic heterocycles. The summed E-state index contributed by atoms with van der Waals surface area (Å²) in [6.07, 6.45) is 6.57. The van der Waals surface area contributed by atoms with Gasteiger partial charge in [0.25, 0.3) is 5.91 Å². The molecule has 2 aromatic heterocycles. The Balaban J connectivity index is 2.30. The molecule has 1 amide bonds. The highest BCUT2D eigenvalue weighted by Gasteiger charge is 2.15. The van der Waals surface area contributed by atoms with E-state index in [0.29, 0.717) is 12.1 Å². The summed E-state index contributed by atoms with van der Waals surface area (Å²) in [4.78, 5) is 16.4. The van der Waals surface area contributed by atoms with Gasteiger partial charge in [0.2, 0.25) is 0 Å². The SMILES string of the molecule is C=C(Nc1cnc(CC)c(-n2ccnn2)c1)/C(=C\C(F)=C(/C)NC(C)C(C)N)C(N)=O. The summed E-state index contributed by atoms with van der Waals surface area (Å²) in [5.74, 6) is -1.47. The molecule has 0 saturated carbocycles. The maximum absolute atomic E-state index is 14.7. The highest BCUT2D eigenvalue weighted by atomic mass is 19.1. The van der Waals surface area contributed by atoms with E-state index >= 15 is 0 Å². The Labute approximate surface area is 181 Å². The van der Waals surface area contributed by atoms with E-state index in [2.05, 4.69) is 32.5 Å². The maximum atomic E-state index is 14.7. The van der Waals surface area contributed by atoms with Crippen LogP contribution in [0.5, 0.6) is 0 Å². The summed E-state index contributed by atoms with van der Waals surface area (Å²) in [6.45, 7) is 11.0. The normalized spacial score (nSPS) is 14.5. The third kappa shape index (κ3) is 6.22. The van der Waals surface area contributed by atoms with Crippen molar-refractivity contribution in [2.75, 3.05) is 5.32 Å². The minimum absolute atomic E-state index is 0.103. The van der Waals surface area contributed by atoms with E-state index in [0.717, 1.165) is 17.5 Å². The van der Waals surface area contributed by atoms with Gasteiger partial charge in [-0.3, -0.25) is 9.78 Å². The molecule has 0 saturated heterocycles. The van der Waals surface area contributed by atoms with Gasteiger partial charge in [0.05, 0.1) is 41.2 Å². The van der Waals surface area contributed by atoms with Crippen LogP contribution < -0.4 is 22.1 Å². The van der Waals surface area contributed by atoms with Crippen molar-refractivity contribution < 1.29 is 9.18 Å². The van der Waals surface area contributed by atoms with Gasteiger partial charge < -0.3 is 22.1 Å². The van der Waals surface area contributed by atoms with Crippen LogP contribution in [0, 0.1) is 0 Å². The van der Waals surface area contributed by atoms with Crippen LogP contribution in [0.4, 0.5) is 10.1 Å². The fourth-order valence-electron chi connectivity index (χ4n) is 2.68. The number of hydrogen-bond acceptors (Lipinski definition) is 7. The summed E-state index contributed by atoms with van der Waals surface area (Å²) in [6, 6.07) is 1.45. The maximum Gasteiger partial charge on any atom is 0.250 e. The third-order valence-electron chi connectivity index (χ3n) is 4.70. The Morgan fingerprint density at radius 1 is 1.42 bits per heavy atom. The van der Waals surface area contributed by atoms with Crippen LogP contribution in [-0.4, -0.2) is 38.0 Å². The monoisotopic (exact) mass is 428 g/mol. The van der Waals surface area contributed by atoms with Gasteiger partial charge in [-0.1, -0.05) is 18.7 Å². The van der Waals surface area contributed by atoms with Crippen LogP contribution in [-0.2, 0) is 11.2 Å². The van der Waals surface area contributed by atoms with Gasteiger partial charge in [-0.15, -0.1) is 5.10 Å². The number of primary amides is 1. The van der Waals surface area contributed by atoms with Crippen molar-refractivity contribution in [1.82, 2.24) is 25.3 Å². The van der Waals surface area contributed by atoms with Crippen molar-refractivity contribution in [2.45, 2.75) is 46.2 Å². The second-order valence-corrected chi connectivity index (χ2v) is 7.18. The summed E-state index contributed by atoms with van der Waals surface area (Å²) in [5.41, 5.74) is 13.6. The van der Waals surface area contributed by atoms with Gasteiger partial charge in [0.1, 0.15) is 5.83 Å². The van der Waals surface area contributed by atoms with Crippen LogP contribution in [0.3, 0.4) is 0 Å². The first-order chi connectivity index (χ1) is 14.6. The number of aryl methyl sites for hydroxylation is 1. The standard InChI is InChI=1S/C21H29FN8O/c1-6-19-20(30-8-7-26-29-30)9-16(11-25-19)28-14(4)17(21(24)31)10-18(22)15(5)27-13(3)12(2)23/h7-13,27-28H,4,6,23H2,1-3,5H3,(H2,24,31)/b17-10+,18-15-. The van der Waals surface area contributed by atoms with E-state index in [1.54, 1.807) is 36.3 Å². The Hall–Kier alpha value is -3.53. The zero-order valence-electron chi connectivity index (χ0n) is 18.2. The van der Waals surface area contributed by atoms with Crippen molar-refractivity contribution in [3.8, 4) is 5.69 Å². The number of anilines is 1. The van der Waals surface area contributed by atoms with E-state index in [1.165, 1.54) is 0 Å². The molecule has 10 heteroatoms. The fraction of sp³-hybridized carbons (Fsp3) is 0.333. The second kappa shape index (κ2) is 10.5. The highest BCUT2D eigenvalue weighted by Crippen LogP contribution is 2.21. The van der Waals surface area contributed by atoms with Crippen molar-refractivity contribution in [3.05, 3.63) is 65.8 Å². The molecular weight excluding hydrogens is 399 g/mol. The van der Waals surface area contributed by atoms with E-state index in [9.17, 15) is 9.18 Å². The molecule has 31 heavy (non-hydrogen) atoms. The number of nitrogens with zero attached hydrogens (tertiary/aromatic N) is 4. The largest absolute Gasteiger partial charge is 0.382 e. The number of nitrogens with one attached hydrogen (secondary N) is 2. The number of aromatic nitrogens is 4. The Kier molecular flexibility index (Phi) is 8.03. The predicted octanol–water partition coefficient (Wildman–Crippen LogP) is 2.09.